The molecule has 6 aliphatic rings. The van der Waals surface area contributed by atoms with E-state index in [1.165, 1.54) is 6.92 Å². The molecule has 0 radical (unpaired) electrons. The monoisotopic (exact) mass is 1240 g/mol. The van der Waals surface area contributed by atoms with Crippen LogP contribution in [0.3, 0.4) is 0 Å². The van der Waals surface area contributed by atoms with E-state index in [2.05, 4.69) is 142 Å². The molecular formula is C69H116O13Si3. The quantitative estimate of drug-likeness (QED) is 0.120. The number of aliphatic hydroxyl groups is 1. The molecule has 13 nitrogen and oxygen atoms in total. The average Bonchev–Trinajstić information content (AvgIpc) is 2.78. The van der Waals surface area contributed by atoms with Crippen LogP contribution in [0.5, 0.6) is 0 Å². The van der Waals surface area contributed by atoms with Crippen LogP contribution < -0.4 is 0 Å². The first-order valence-corrected chi connectivity index (χ1v) is 41.4. The highest BCUT2D eigenvalue weighted by molar-refractivity contribution is 6.75. The van der Waals surface area contributed by atoms with Crippen LogP contribution in [0.25, 0.3) is 0 Å². The minimum atomic E-state index is -2.65. The maximum Gasteiger partial charge on any atom is 0.338 e. The molecule has 0 aromatic heterocycles. The van der Waals surface area contributed by atoms with Crippen LogP contribution in [0.4, 0.5) is 0 Å². The summed E-state index contributed by atoms with van der Waals surface area (Å²) in [6.45, 7) is 53.0. The molecular weight excluding hydrogens is 1120 g/mol. The third kappa shape index (κ3) is 18.7. The normalized spacial score (nSPS) is 34.7. The van der Waals surface area contributed by atoms with Crippen molar-refractivity contribution in [2.45, 2.75) is 320 Å². The second kappa shape index (κ2) is 29.1. The summed E-state index contributed by atoms with van der Waals surface area (Å²) in [4.78, 5) is 42.0. The van der Waals surface area contributed by atoms with Crippen molar-refractivity contribution < 1.29 is 61.2 Å². The van der Waals surface area contributed by atoms with Crippen LogP contribution in [0, 0.1) is 23.7 Å². The lowest BCUT2D eigenvalue weighted by atomic mass is 9.79. The van der Waals surface area contributed by atoms with E-state index >= 15 is 0 Å². The lowest BCUT2D eigenvalue weighted by Gasteiger charge is -2.56. The van der Waals surface area contributed by atoms with Crippen molar-refractivity contribution in [1.29, 1.82) is 0 Å². The van der Waals surface area contributed by atoms with Gasteiger partial charge in [0.1, 0.15) is 42.4 Å². The smallest absolute Gasteiger partial charge is 0.338 e. The van der Waals surface area contributed by atoms with Crippen molar-refractivity contribution >= 4 is 42.7 Å². The van der Waals surface area contributed by atoms with Gasteiger partial charge >= 0.3 is 11.9 Å². The number of benzene rings is 1. The molecule has 1 aromatic rings. The Labute approximate surface area is 517 Å². The summed E-state index contributed by atoms with van der Waals surface area (Å²) in [6, 6.07) is 9.10. The molecule has 482 valence electrons. The Hall–Kier alpha value is -2.62. The second-order valence-electron chi connectivity index (χ2n) is 31.1. The third-order valence-corrected chi connectivity index (χ3v) is 34.6. The van der Waals surface area contributed by atoms with Crippen LogP contribution in [0.2, 0.25) is 54.4 Å². The van der Waals surface area contributed by atoms with Gasteiger partial charge in [-0.15, -0.1) is 0 Å². The number of esters is 2. The van der Waals surface area contributed by atoms with Crippen LogP contribution in [0.1, 0.15) is 191 Å². The summed E-state index contributed by atoms with van der Waals surface area (Å²) >= 11 is 0. The van der Waals surface area contributed by atoms with Gasteiger partial charge in [-0.1, -0.05) is 134 Å². The number of carbonyl (C=O) groups excluding carboxylic acids is 3. The molecule has 6 bridgehead atoms. The summed E-state index contributed by atoms with van der Waals surface area (Å²) in [7, 11) is -7.86. The molecule has 0 spiro atoms. The summed E-state index contributed by atoms with van der Waals surface area (Å²) in [6.07, 6.45) is 4.43. The Morgan fingerprint density at radius 3 is 1.85 bits per heavy atom. The molecule has 1 aromatic carbocycles. The summed E-state index contributed by atoms with van der Waals surface area (Å²) in [5.74, 6) is -0.578. The zero-order chi connectivity index (χ0) is 63.4. The summed E-state index contributed by atoms with van der Waals surface area (Å²) in [5.41, 5.74) is 2.15. The highest BCUT2D eigenvalue weighted by Gasteiger charge is 2.58. The van der Waals surface area contributed by atoms with Crippen molar-refractivity contribution in [2.24, 2.45) is 23.7 Å². The van der Waals surface area contributed by atoms with E-state index in [0.717, 1.165) is 24.0 Å². The zero-order valence-electron chi connectivity index (χ0n) is 56.4. The lowest BCUT2D eigenvalue weighted by molar-refractivity contribution is -0.266. The van der Waals surface area contributed by atoms with Gasteiger partial charge in [-0.2, -0.15) is 0 Å². The van der Waals surface area contributed by atoms with E-state index in [-0.39, 0.29) is 69.5 Å². The third-order valence-electron chi connectivity index (χ3n) is 21.2. The first kappa shape index (κ1) is 71.5. The standard InChI is InChI=1S/C69H116O13Si3/c1-23-43(2)37-59-47(6)55-41-51(72)40-54-33-35-57-62(76-54)64(81-84(19,20)68(11,12)13)65(82-85(21,22)69(14,15)16)63(79-57)58(80-83(17,18)67(8,9)10)36-32-52(77-66(73)49-27-25-24-26-28-49)30-31-53-39-45(4)56(75-53)34-29-50(71)38-44(3)46(5)60(74-48(7)70)42-61(55)78-59/h24-28,32,36,43-44,47,50,52-65,71H,4-5,23,29-31,33-35,37-42H2,1-3,6-22H3/b36-32+/t43-,44-,47-,50-,52?,53?,54-,55?,56+,57+,58+,59-,60-,61+,62+,63+,64+,65-/m1/s1. The van der Waals surface area contributed by atoms with E-state index < -0.39 is 97.9 Å². The molecule has 7 rings (SSSR count). The van der Waals surface area contributed by atoms with Crippen molar-refractivity contribution in [1.82, 2.24) is 0 Å². The number of aliphatic hydroxyl groups excluding tert-OH is 1. The Balaban J connectivity index is 1.49. The van der Waals surface area contributed by atoms with Gasteiger partial charge in [0, 0.05) is 26.2 Å². The second-order valence-corrected chi connectivity index (χ2v) is 45.3. The largest absolute Gasteiger partial charge is 0.458 e. The summed E-state index contributed by atoms with van der Waals surface area (Å²) in [5, 5.41) is 11.1. The van der Waals surface area contributed by atoms with Gasteiger partial charge in [0.15, 0.2) is 25.0 Å². The highest BCUT2D eigenvalue weighted by atomic mass is 28.4. The van der Waals surface area contributed by atoms with Crippen molar-refractivity contribution in [3.8, 4) is 0 Å². The summed E-state index contributed by atoms with van der Waals surface area (Å²) < 4.78 is 64.5. The van der Waals surface area contributed by atoms with Gasteiger partial charge in [0.25, 0.3) is 0 Å². The Morgan fingerprint density at radius 1 is 0.682 bits per heavy atom. The maximum atomic E-state index is 15.0. The molecule has 4 saturated heterocycles. The topological polar surface area (TPSA) is 155 Å². The molecule has 0 saturated carbocycles. The fraction of sp³-hybridized carbons (Fsp3) is 0.783. The van der Waals surface area contributed by atoms with E-state index in [1.54, 1.807) is 12.1 Å². The first-order chi connectivity index (χ1) is 39.3. The van der Waals surface area contributed by atoms with Gasteiger partial charge in [-0.05, 0) is 165 Å². The van der Waals surface area contributed by atoms with Crippen LogP contribution in [-0.4, -0.2) is 133 Å². The number of ether oxygens (including phenoxy) is 6. The fourth-order valence-electron chi connectivity index (χ4n) is 12.3. The van der Waals surface area contributed by atoms with Crippen LogP contribution in [0.15, 0.2) is 66.8 Å². The van der Waals surface area contributed by atoms with Gasteiger partial charge in [0.05, 0.1) is 54.4 Å². The van der Waals surface area contributed by atoms with E-state index in [9.17, 15) is 19.5 Å². The molecule has 6 heterocycles. The molecule has 16 heteroatoms. The molecule has 85 heavy (non-hydrogen) atoms. The Bertz CT molecular complexity index is 2420. The number of carbonyl (C=O) groups is 3. The predicted octanol–water partition coefficient (Wildman–Crippen LogP) is 15.6. The Kier molecular flexibility index (Phi) is 24.5. The number of hydrogen-bond acceptors (Lipinski definition) is 13. The maximum absolute atomic E-state index is 15.0. The zero-order valence-corrected chi connectivity index (χ0v) is 59.4. The van der Waals surface area contributed by atoms with E-state index in [1.807, 2.05) is 31.2 Å². The number of ketones is 1. The first-order valence-electron chi connectivity index (χ1n) is 32.6. The lowest BCUT2D eigenvalue weighted by Crippen LogP contribution is -2.69. The molecule has 0 aliphatic carbocycles. The van der Waals surface area contributed by atoms with Crippen LogP contribution >= 0.6 is 0 Å². The molecule has 18 atom stereocenters. The SMILES string of the molecule is C=C1CC2CCC(OC(=O)c3ccccc3)/C=C/[C@H](O[Si](C)(C)C(C)(C)C)[C@@H]3O[C@H]4CC[C@H](CC(=O)CC5[C@H](C[C@@H](OC(C)=O)C(=C)[C@H](C)C[C@H](O)CC[C@@H]1O2)O[C@H](C[C@H](C)CC)[C@@H]5C)O[C@@H]4[C@H](O[Si](C)(C)C(C)(C)C)[C@@H]3O[Si](C)(C)C(C)(C)C. The number of Topliss-reactive ketones (excluding diaryl/α,β-unsaturated/α-hetero) is 1. The van der Waals surface area contributed by atoms with Crippen molar-refractivity contribution in [2.75, 3.05) is 0 Å². The highest BCUT2D eigenvalue weighted by Crippen LogP contribution is 2.49. The Morgan fingerprint density at radius 2 is 1.26 bits per heavy atom. The van der Waals surface area contributed by atoms with Gasteiger partial charge in [-0.25, -0.2) is 4.79 Å². The molecule has 4 fully saturated rings. The van der Waals surface area contributed by atoms with E-state index in [0.29, 0.717) is 75.7 Å². The van der Waals surface area contributed by atoms with E-state index in [4.69, 9.17) is 41.7 Å². The van der Waals surface area contributed by atoms with Gasteiger partial charge < -0.3 is 46.8 Å². The number of rotatable bonds is 12. The minimum absolute atomic E-state index is 0.0682. The molecule has 1 N–H and O–H groups in total. The molecule has 6 aliphatic heterocycles. The van der Waals surface area contributed by atoms with Crippen LogP contribution in [-0.2, 0) is 51.3 Å². The fourth-order valence-corrected chi connectivity index (χ4v) is 16.2. The van der Waals surface area contributed by atoms with Crippen molar-refractivity contribution in [3.63, 3.8) is 0 Å². The number of hydrogen-bond donors (Lipinski definition) is 1. The van der Waals surface area contributed by atoms with Crippen molar-refractivity contribution in [3.05, 3.63) is 72.4 Å². The van der Waals surface area contributed by atoms with Gasteiger partial charge in [0.2, 0.25) is 0 Å². The number of fused-ring (bicyclic) bond motifs is 15. The predicted molar refractivity (Wildman–Crippen MR) is 347 cm³/mol. The molecule has 3 unspecified atom stereocenters. The van der Waals surface area contributed by atoms with Gasteiger partial charge in [-0.3, -0.25) is 9.59 Å². The minimum Gasteiger partial charge on any atom is -0.458 e. The molecule has 0 amide bonds. The average molecular weight is 1240 g/mol.